The Bertz CT molecular complexity index is 1510. The lowest BCUT2D eigenvalue weighted by Crippen LogP contribution is -2.64. The SMILES string of the molecule is CC1(C)OC(=O)c2cc3cc([N+]4(C(=O)C5CCC([C@H](N)CF)CC5)CC[C@H](c5ccccc5)[C@H]4C(N)=O)ccc3n21. The first-order chi connectivity index (χ1) is 19.6. The molecule has 2 aliphatic heterocycles. The minimum Gasteiger partial charge on any atom is -0.434 e. The number of fused-ring (bicyclic) bond motifs is 3. The topological polar surface area (TPSA) is 117 Å². The van der Waals surface area contributed by atoms with Gasteiger partial charge in [0.2, 0.25) is 0 Å². The number of nitrogens with zero attached hydrogens (tertiary/aromatic N) is 2. The van der Waals surface area contributed by atoms with E-state index in [1.165, 1.54) is 0 Å². The summed E-state index contributed by atoms with van der Waals surface area (Å²) in [6.45, 7) is 3.54. The molecule has 2 amide bonds. The third-order valence-corrected chi connectivity index (χ3v) is 9.80. The summed E-state index contributed by atoms with van der Waals surface area (Å²) in [7, 11) is 0. The lowest BCUT2D eigenvalue weighted by molar-refractivity contribution is -0.141. The number of hydrogen-bond acceptors (Lipinski definition) is 5. The number of carbonyl (C=O) groups is 3. The van der Waals surface area contributed by atoms with Crippen LogP contribution in [0.15, 0.2) is 54.6 Å². The van der Waals surface area contributed by atoms with Crippen molar-refractivity contribution in [2.45, 2.75) is 69.7 Å². The maximum atomic E-state index is 14.8. The molecule has 4 N–H and O–H groups in total. The molecule has 3 heterocycles. The molecule has 41 heavy (non-hydrogen) atoms. The van der Waals surface area contributed by atoms with E-state index >= 15 is 0 Å². The highest BCUT2D eigenvalue weighted by Gasteiger charge is 2.59. The number of esters is 1. The summed E-state index contributed by atoms with van der Waals surface area (Å²) < 4.78 is 20.5. The summed E-state index contributed by atoms with van der Waals surface area (Å²) in [6, 6.07) is 16.0. The highest BCUT2D eigenvalue weighted by atomic mass is 19.1. The van der Waals surface area contributed by atoms with Gasteiger partial charge in [0, 0.05) is 30.0 Å². The molecule has 216 valence electrons. The van der Waals surface area contributed by atoms with Crippen LogP contribution in [0.25, 0.3) is 10.9 Å². The number of nitrogens with two attached hydrogens (primary N) is 2. The van der Waals surface area contributed by atoms with Crippen molar-refractivity contribution in [2.24, 2.45) is 23.3 Å². The van der Waals surface area contributed by atoms with Gasteiger partial charge in [0.05, 0.1) is 23.9 Å². The Hall–Kier alpha value is -3.56. The largest absolute Gasteiger partial charge is 0.434 e. The van der Waals surface area contributed by atoms with Crippen LogP contribution in [-0.2, 0) is 20.1 Å². The summed E-state index contributed by atoms with van der Waals surface area (Å²) >= 11 is 0. The van der Waals surface area contributed by atoms with Gasteiger partial charge in [-0.1, -0.05) is 30.3 Å². The maximum Gasteiger partial charge on any atom is 0.357 e. The molecule has 2 aromatic carbocycles. The summed E-state index contributed by atoms with van der Waals surface area (Å²) in [5.74, 6) is -1.40. The minimum atomic E-state index is -0.835. The zero-order valence-electron chi connectivity index (χ0n) is 23.6. The molecule has 1 aliphatic carbocycles. The number of hydrogen-bond donors (Lipinski definition) is 2. The predicted octanol–water partition coefficient (Wildman–Crippen LogP) is 4.48. The van der Waals surface area contributed by atoms with E-state index in [0.29, 0.717) is 50.0 Å². The van der Waals surface area contributed by atoms with Crippen molar-refractivity contribution >= 4 is 34.4 Å². The van der Waals surface area contributed by atoms with Crippen molar-refractivity contribution < 1.29 is 23.5 Å². The fourth-order valence-corrected chi connectivity index (χ4v) is 7.83. The van der Waals surface area contributed by atoms with Crippen molar-refractivity contribution in [3.8, 4) is 0 Å². The number of ether oxygens (including phenoxy) is 1. The Morgan fingerprint density at radius 1 is 1.07 bits per heavy atom. The molecule has 3 aliphatic rings. The first-order valence-corrected chi connectivity index (χ1v) is 14.6. The van der Waals surface area contributed by atoms with Crippen molar-refractivity contribution in [3.05, 3.63) is 65.9 Å². The van der Waals surface area contributed by atoms with Crippen LogP contribution < -0.4 is 16.0 Å². The second-order valence-electron chi connectivity index (χ2n) is 12.5. The standard InChI is InChI=1S/C32H37FN4O4/c1-32(2)36-26-13-12-23(16-22(26)17-27(36)31(40)41-32)37(30(39)21-10-8-20(9-11-21)25(34)18-33)15-14-24(28(37)29(35)38)19-6-4-3-5-7-19/h3-7,12-13,16-17,20-21,24-25,28H,8-11,14-15,18,34H2,1-2H3,(H-,35,38)/p+1/t20?,21?,24-,25-,28+,37?/m1/s1. The number of amides is 2. The molecule has 0 radical (unpaired) electrons. The number of rotatable bonds is 6. The summed E-state index contributed by atoms with van der Waals surface area (Å²) in [5, 5.41) is 0.802. The predicted molar refractivity (Wildman–Crippen MR) is 155 cm³/mol. The highest BCUT2D eigenvalue weighted by molar-refractivity contribution is 6.02. The van der Waals surface area contributed by atoms with Crippen LogP contribution in [0.3, 0.4) is 0 Å². The molecule has 0 bridgehead atoms. The molecule has 9 heteroatoms. The van der Waals surface area contributed by atoms with Gasteiger partial charge in [-0.15, -0.1) is 0 Å². The van der Waals surface area contributed by atoms with Crippen molar-refractivity contribution in [3.63, 3.8) is 0 Å². The van der Waals surface area contributed by atoms with E-state index in [0.717, 1.165) is 16.5 Å². The number of aromatic nitrogens is 1. The third-order valence-electron chi connectivity index (χ3n) is 9.80. The van der Waals surface area contributed by atoms with Gasteiger partial charge in [0.1, 0.15) is 18.1 Å². The zero-order valence-corrected chi connectivity index (χ0v) is 23.6. The fourth-order valence-electron chi connectivity index (χ4n) is 7.83. The second kappa shape index (κ2) is 10.1. The van der Waals surface area contributed by atoms with Gasteiger partial charge in [-0.3, -0.25) is 9.36 Å². The number of primary amides is 1. The quantitative estimate of drug-likeness (QED) is 0.340. The Balaban J connectivity index is 1.47. The number of benzene rings is 2. The Morgan fingerprint density at radius 2 is 1.78 bits per heavy atom. The third kappa shape index (κ3) is 4.28. The van der Waals surface area contributed by atoms with Gasteiger partial charge in [0.25, 0.3) is 5.91 Å². The number of likely N-dealkylation sites (tertiary alicyclic amines) is 1. The minimum absolute atomic E-state index is 0.0228. The lowest BCUT2D eigenvalue weighted by Gasteiger charge is -2.41. The summed E-state index contributed by atoms with van der Waals surface area (Å²) in [4.78, 5) is 40.8. The van der Waals surface area contributed by atoms with E-state index in [1.54, 1.807) is 6.07 Å². The molecular weight excluding hydrogens is 523 g/mol. The molecule has 2 fully saturated rings. The lowest BCUT2D eigenvalue weighted by atomic mass is 9.77. The van der Waals surface area contributed by atoms with Crippen LogP contribution in [-0.4, -0.2) is 47.7 Å². The Morgan fingerprint density at radius 3 is 2.44 bits per heavy atom. The molecule has 1 unspecified atom stereocenters. The zero-order chi connectivity index (χ0) is 29.1. The van der Waals surface area contributed by atoms with Gasteiger partial charge in [-0.25, -0.2) is 18.5 Å². The second-order valence-corrected chi connectivity index (χ2v) is 12.5. The van der Waals surface area contributed by atoms with Crippen LogP contribution in [0.1, 0.15) is 67.9 Å². The van der Waals surface area contributed by atoms with Gasteiger partial charge >= 0.3 is 11.9 Å². The fraction of sp³-hybridized carbons (Fsp3) is 0.469. The maximum absolute atomic E-state index is 14.8. The van der Waals surface area contributed by atoms with E-state index < -0.39 is 36.4 Å². The smallest absolute Gasteiger partial charge is 0.357 e. The molecule has 1 aromatic heterocycles. The number of carbonyl (C=O) groups excluding carboxylic acids is 3. The Kier molecular flexibility index (Phi) is 6.77. The monoisotopic (exact) mass is 561 g/mol. The van der Waals surface area contributed by atoms with E-state index in [4.69, 9.17) is 16.2 Å². The van der Waals surface area contributed by atoms with Crippen LogP contribution in [0, 0.1) is 11.8 Å². The average Bonchev–Trinajstić information content (AvgIpc) is 3.63. The normalized spacial score (nSPS) is 29.7. The molecular formula is C32H38FN4O4+. The van der Waals surface area contributed by atoms with Crippen molar-refractivity contribution in [2.75, 3.05) is 13.2 Å². The average molecular weight is 562 g/mol. The van der Waals surface area contributed by atoms with Crippen LogP contribution in [0.5, 0.6) is 0 Å². The van der Waals surface area contributed by atoms with Crippen LogP contribution in [0.4, 0.5) is 10.1 Å². The van der Waals surface area contributed by atoms with Gasteiger partial charge < -0.3 is 16.2 Å². The number of quaternary nitrogens is 1. The molecule has 4 atom stereocenters. The van der Waals surface area contributed by atoms with E-state index in [9.17, 15) is 18.8 Å². The molecule has 1 saturated heterocycles. The summed E-state index contributed by atoms with van der Waals surface area (Å²) in [6.07, 6.45) is 3.17. The number of alkyl halides is 1. The van der Waals surface area contributed by atoms with Gasteiger partial charge in [-0.05, 0) is 63.1 Å². The molecule has 6 rings (SSSR count). The van der Waals surface area contributed by atoms with Crippen LogP contribution >= 0.6 is 0 Å². The van der Waals surface area contributed by atoms with Gasteiger partial charge in [-0.2, -0.15) is 0 Å². The number of halogens is 1. The molecule has 3 aromatic rings. The Labute approximate surface area is 239 Å². The van der Waals surface area contributed by atoms with Crippen LogP contribution in [0.2, 0.25) is 0 Å². The van der Waals surface area contributed by atoms with E-state index in [2.05, 4.69) is 0 Å². The van der Waals surface area contributed by atoms with E-state index in [1.807, 2.05) is 66.9 Å². The highest BCUT2D eigenvalue weighted by Crippen LogP contribution is 2.47. The molecule has 0 spiro atoms. The van der Waals surface area contributed by atoms with Crippen molar-refractivity contribution in [1.82, 2.24) is 9.05 Å². The molecule has 8 nitrogen and oxygen atoms in total. The summed E-state index contributed by atoms with van der Waals surface area (Å²) in [5.41, 5.74) is 14.3. The van der Waals surface area contributed by atoms with Gasteiger partial charge in [0.15, 0.2) is 11.8 Å². The first kappa shape index (κ1) is 27.6. The first-order valence-electron chi connectivity index (χ1n) is 14.6. The van der Waals surface area contributed by atoms with Crippen molar-refractivity contribution in [1.29, 1.82) is 0 Å². The number of cyclic esters (lactones) is 1. The molecule has 1 saturated carbocycles. The van der Waals surface area contributed by atoms with E-state index in [-0.39, 0.29) is 28.1 Å².